The highest BCUT2D eigenvalue weighted by Gasteiger charge is 2.34. The average Bonchev–Trinajstić information content (AvgIpc) is 2.30. The van der Waals surface area contributed by atoms with E-state index in [0.29, 0.717) is 11.3 Å². The van der Waals surface area contributed by atoms with Crippen molar-refractivity contribution >= 4 is 11.3 Å². The normalized spacial score (nSPS) is 14.8. The Bertz CT molecular complexity index is 268. The lowest BCUT2D eigenvalue weighted by molar-refractivity contribution is -0.137. The average molecular weight is 197 g/mol. The van der Waals surface area contributed by atoms with Crippen LogP contribution in [0, 0.1) is 0 Å². The molecule has 1 rings (SSSR count). The molecule has 0 bridgehead atoms. The predicted octanol–water partition coefficient (Wildman–Crippen LogP) is 2.22. The molecule has 1 N–H and O–H groups in total. The molecule has 1 atom stereocenters. The third-order valence-corrected chi connectivity index (χ3v) is 2.39. The fourth-order valence-electron chi connectivity index (χ4n) is 0.611. The summed E-state index contributed by atoms with van der Waals surface area (Å²) in [7, 11) is 0. The first kappa shape index (κ1) is 9.47. The first-order valence-electron chi connectivity index (χ1n) is 3.12. The van der Waals surface area contributed by atoms with Gasteiger partial charge >= 0.3 is 6.18 Å². The van der Waals surface area contributed by atoms with E-state index in [2.05, 4.69) is 4.98 Å². The van der Waals surface area contributed by atoms with E-state index in [1.54, 1.807) is 0 Å². The highest BCUT2D eigenvalue weighted by molar-refractivity contribution is 7.11. The molecule has 1 heterocycles. The van der Waals surface area contributed by atoms with Crippen LogP contribution in [0.1, 0.15) is 22.9 Å². The minimum absolute atomic E-state index is 0.224. The molecule has 0 aliphatic rings. The molecular weight excluding hydrogens is 191 g/mol. The van der Waals surface area contributed by atoms with Crippen molar-refractivity contribution in [3.8, 4) is 0 Å². The van der Waals surface area contributed by atoms with E-state index in [1.165, 1.54) is 6.92 Å². The van der Waals surface area contributed by atoms with Crippen molar-refractivity contribution in [2.45, 2.75) is 19.2 Å². The lowest BCUT2D eigenvalue weighted by atomic mass is 10.4. The van der Waals surface area contributed by atoms with Gasteiger partial charge in [0.05, 0.1) is 11.0 Å². The van der Waals surface area contributed by atoms with Gasteiger partial charge in [0.15, 0.2) is 5.01 Å². The third-order valence-electron chi connectivity index (χ3n) is 1.18. The second-order valence-electron chi connectivity index (χ2n) is 2.24. The van der Waals surface area contributed by atoms with Crippen molar-refractivity contribution in [2.75, 3.05) is 0 Å². The third kappa shape index (κ3) is 1.95. The van der Waals surface area contributed by atoms with Crippen LogP contribution in [-0.4, -0.2) is 10.1 Å². The Balaban J connectivity index is 2.92. The van der Waals surface area contributed by atoms with Crippen molar-refractivity contribution in [1.82, 2.24) is 4.98 Å². The molecule has 0 aliphatic carbocycles. The number of halogens is 3. The Hall–Kier alpha value is -0.620. The number of alkyl halides is 3. The standard InChI is InChI=1S/C6H6F3NOS/c1-3(11)4-2-10-5(12-4)6(7,8)9/h2-3,11H,1H3. The molecule has 12 heavy (non-hydrogen) atoms. The highest BCUT2D eigenvalue weighted by Crippen LogP contribution is 2.33. The molecule has 0 saturated carbocycles. The van der Waals surface area contributed by atoms with E-state index >= 15 is 0 Å². The maximum Gasteiger partial charge on any atom is 0.443 e. The summed E-state index contributed by atoms with van der Waals surface area (Å²) in [6.07, 6.45) is -4.26. The molecule has 0 aromatic carbocycles. The number of hydrogen-bond acceptors (Lipinski definition) is 3. The zero-order valence-electron chi connectivity index (χ0n) is 6.09. The van der Waals surface area contributed by atoms with E-state index in [9.17, 15) is 13.2 Å². The van der Waals surface area contributed by atoms with Gasteiger partial charge in [-0.3, -0.25) is 0 Å². The molecule has 0 amide bonds. The topological polar surface area (TPSA) is 33.1 Å². The predicted molar refractivity (Wildman–Crippen MR) is 37.7 cm³/mol. The van der Waals surface area contributed by atoms with Crippen LogP contribution in [0.5, 0.6) is 0 Å². The fourth-order valence-corrected chi connectivity index (χ4v) is 1.33. The zero-order valence-corrected chi connectivity index (χ0v) is 6.91. The summed E-state index contributed by atoms with van der Waals surface area (Å²) in [5, 5.41) is 7.99. The number of aromatic nitrogens is 1. The van der Waals surface area contributed by atoms with Gasteiger partial charge in [-0.2, -0.15) is 13.2 Å². The maximum absolute atomic E-state index is 11.9. The van der Waals surface area contributed by atoms with E-state index in [1.807, 2.05) is 0 Å². The summed E-state index contributed by atoms with van der Waals surface area (Å²) in [4.78, 5) is 3.37. The SMILES string of the molecule is CC(O)c1cnc(C(F)(F)F)s1. The monoisotopic (exact) mass is 197 g/mol. The number of rotatable bonds is 1. The Kier molecular flexibility index (Phi) is 2.39. The number of aliphatic hydroxyl groups is 1. The van der Waals surface area contributed by atoms with E-state index in [4.69, 9.17) is 5.11 Å². The zero-order chi connectivity index (χ0) is 9.35. The molecule has 6 heteroatoms. The van der Waals surface area contributed by atoms with Gasteiger partial charge in [-0.15, -0.1) is 11.3 Å². The van der Waals surface area contributed by atoms with Gasteiger partial charge in [0.25, 0.3) is 0 Å². The second-order valence-corrected chi connectivity index (χ2v) is 3.30. The molecule has 0 radical (unpaired) electrons. The van der Waals surface area contributed by atoms with Gasteiger partial charge in [0.1, 0.15) is 0 Å². The number of aliphatic hydroxyl groups excluding tert-OH is 1. The molecular formula is C6H6F3NOS. The molecule has 0 saturated heterocycles. The lowest BCUT2D eigenvalue weighted by Crippen LogP contribution is -2.02. The van der Waals surface area contributed by atoms with Crippen LogP contribution in [0.15, 0.2) is 6.20 Å². The lowest BCUT2D eigenvalue weighted by Gasteiger charge is -1.99. The van der Waals surface area contributed by atoms with Crippen LogP contribution in [-0.2, 0) is 6.18 Å². The van der Waals surface area contributed by atoms with Crippen LogP contribution in [0.4, 0.5) is 13.2 Å². The van der Waals surface area contributed by atoms with Crippen LogP contribution >= 0.6 is 11.3 Å². The minimum atomic E-state index is -4.40. The smallest absolute Gasteiger partial charge is 0.388 e. The van der Waals surface area contributed by atoms with E-state index < -0.39 is 17.3 Å². The summed E-state index contributed by atoms with van der Waals surface area (Å²) in [5.41, 5.74) is 0. The molecule has 0 aliphatic heterocycles. The van der Waals surface area contributed by atoms with Crippen molar-refractivity contribution in [2.24, 2.45) is 0 Å². The molecule has 68 valence electrons. The summed E-state index contributed by atoms with van der Waals surface area (Å²) in [6.45, 7) is 1.40. The molecule has 1 aromatic heterocycles. The summed E-state index contributed by atoms with van der Waals surface area (Å²) in [6, 6.07) is 0. The van der Waals surface area contributed by atoms with E-state index in [0.717, 1.165) is 6.20 Å². The Labute approximate surface area is 70.7 Å². The summed E-state index contributed by atoms with van der Waals surface area (Å²) < 4.78 is 35.8. The number of thiazole rings is 1. The van der Waals surface area contributed by atoms with Crippen LogP contribution < -0.4 is 0 Å². The largest absolute Gasteiger partial charge is 0.443 e. The molecule has 2 nitrogen and oxygen atoms in total. The summed E-state index contributed by atoms with van der Waals surface area (Å²) in [5.74, 6) is 0. The van der Waals surface area contributed by atoms with Gasteiger partial charge in [-0.25, -0.2) is 4.98 Å². The molecule has 1 aromatic rings. The van der Waals surface area contributed by atoms with Gasteiger partial charge in [0, 0.05) is 6.20 Å². The number of nitrogens with zero attached hydrogens (tertiary/aromatic N) is 1. The van der Waals surface area contributed by atoms with Crippen molar-refractivity contribution < 1.29 is 18.3 Å². The molecule has 0 spiro atoms. The first-order valence-corrected chi connectivity index (χ1v) is 3.94. The van der Waals surface area contributed by atoms with Crippen LogP contribution in [0.25, 0.3) is 0 Å². The Morgan fingerprint density at radius 2 is 2.17 bits per heavy atom. The second kappa shape index (κ2) is 3.02. The maximum atomic E-state index is 11.9. The Morgan fingerprint density at radius 3 is 2.42 bits per heavy atom. The molecule has 0 fully saturated rings. The first-order chi connectivity index (χ1) is 5.41. The number of hydrogen-bond donors (Lipinski definition) is 1. The van der Waals surface area contributed by atoms with E-state index in [-0.39, 0.29) is 4.88 Å². The summed E-state index contributed by atoms with van der Waals surface area (Å²) >= 11 is 0.462. The van der Waals surface area contributed by atoms with Gasteiger partial charge in [-0.1, -0.05) is 0 Å². The van der Waals surface area contributed by atoms with Crippen molar-refractivity contribution in [3.05, 3.63) is 16.1 Å². The quantitative estimate of drug-likeness (QED) is 0.748. The molecule has 1 unspecified atom stereocenters. The minimum Gasteiger partial charge on any atom is -0.388 e. The van der Waals surface area contributed by atoms with Gasteiger partial charge in [0.2, 0.25) is 0 Å². The fraction of sp³-hybridized carbons (Fsp3) is 0.500. The van der Waals surface area contributed by atoms with Crippen molar-refractivity contribution in [3.63, 3.8) is 0 Å². The van der Waals surface area contributed by atoms with Gasteiger partial charge in [-0.05, 0) is 6.92 Å². The van der Waals surface area contributed by atoms with Crippen LogP contribution in [0.3, 0.4) is 0 Å². The van der Waals surface area contributed by atoms with Crippen LogP contribution in [0.2, 0.25) is 0 Å². The Morgan fingerprint density at radius 1 is 1.58 bits per heavy atom. The highest BCUT2D eigenvalue weighted by atomic mass is 32.1. The van der Waals surface area contributed by atoms with Crippen molar-refractivity contribution in [1.29, 1.82) is 0 Å². The van der Waals surface area contributed by atoms with Gasteiger partial charge < -0.3 is 5.11 Å².